The molecule has 0 aromatic heterocycles. The van der Waals surface area contributed by atoms with Crippen molar-refractivity contribution in [2.75, 3.05) is 12.3 Å². The summed E-state index contributed by atoms with van der Waals surface area (Å²) in [6, 6.07) is 5.92. The number of likely N-dealkylation sites (tertiary alicyclic amines) is 1. The second kappa shape index (κ2) is 6.39. The molecule has 114 valence electrons. The Balaban J connectivity index is 1.80. The standard InChI is InChI=1S/C17H23BrN2O/c18-15-9-8-13(19)11-14(15)17(21)20-10-4-7-16(20)12-5-2-1-3-6-12/h8-9,11-12,16H,1-7,10,19H2. The van der Waals surface area contributed by atoms with Gasteiger partial charge in [-0.25, -0.2) is 0 Å². The Bertz CT molecular complexity index is 526. The summed E-state index contributed by atoms with van der Waals surface area (Å²) in [6.07, 6.45) is 8.87. The van der Waals surface area contributed by atoms with Crippen LogP contribution in [0.2, 0.25) is 0 Å². The highest BCUT2D eigenvalue weighted by Crippen LogP contribution is 2.35. The molecule has 0 radical (unpaired) electrons. The average molecular weight is 351 g/mol. The highest BCUT2D eigenvalue weighted by Gasteiger charge is 2.35. The monoisotopic (exact) mass is 350 g/mol. The Kier molecular flexibility index (Phi) is 4.53. The van der Waals surface area contributed by atoms with E-state index in [4.69, 9.17) is 5.73 Å². The summed E-state index contributed by atoms with van der Waals surface area (Å²) in [4.78, 5) is 15.0. The fourth-order valence-corrected chi connectivity index (χ4v) is 4.33. The lowest BCUT2D eigenvalue weighted by molar-refractivity contribution is 0.0660. The van der Waals surface area contributed by atoms with E-state index in [-0.39, 0.29) is 5.91 Å². The summed E-state index contributed by atoms with van der Waals surface area (Å²) >= 11 is 3.49. The van der Waals surface area contributed by atoms with E-state index in [1.165, 1.54) is 32.1 Å². The van der Waals surface area contributed by atoms with Crippen LogP contribution < -0.4 is 5.73 Å². The van der Waals surface area contributed by atoms with E-state index < -0.39 is 0 Å². The number of nitrogens with two attached hydrogens (primary N) is 1. The third-order valence-electron chi connectivity index (χ3n) is 4.97. The van der Waals surface area contributed by atoms with Gasteiger partial charge in [0.1, 0.15) is 0 Å². The summed E-state index contributed by atoms with van der Waals surface area (Å²) in [5.74, 6) is 0.840. The van der Waals surface area contributed by atoms with Gasteiger partial charge < -0.3 is 10.6 Å². The zero-order valence-corrected chi connectivity index (χ0v) is 13.9. The van der Waals surface area contributed by atoms with Gasteiger partial charge in [-0.15, -0.1) is 0 Å². The van der Waals surface area contributed by atoms with Gasteiger partial charge in [0.25, 0.3) is 5.91 Å². The van der Waals surface area contributed by atoms with Gasteiger partial charge in [0.2, 0.25) is 0 Å². The van der Waals surface area contributed by atoms with Crippen molar-refractivity contribution >= 4 is 27.5 Å². The fourth-order valence-electron chi connectivity index (χ4n) is 3.92. The predicted molar refractivity (Wildman–Crippen MR) is 89.2 cm³/mol. The fraction of sp³-hybridized carbons (Fsp3) is 0.588. The maximum absolute atomic E-state index is 12.9. The number of benzene rings is 1. The zero-order chi connectivity index (χ0) is 14.8. The minimum absolute atomic E-state index is 0.141. The molecule has 0 spiro atoms. The third-order valence-corrected chi connectivity index (χ3v) is 5.67. The zero-order valence-electron chi connectivity index (χ0n) is 12.4. The quantitative estimate of drug-likeness (QED) is 0.811. The first-order valence-corrected chi connectivity index (χ1v) is 8.82. The minimum Gasteiger partial charge on any atom is -0.399 e. The molecule has 1 aliphatic carbocycles. The van der Waals surface area contributed by atoms with Crippen molar-refractivity contribution in [1.82, 2.24) is 4.90 Å². The molecule has 1 unspecified atom stereocenters. The van der Waals surface area contributed by atoms with E-state index >= 15 is 0 Å². The summed E-state index contributed by atoms with van der Waals surface area (Å²) in [5.41, 5.74) is 7.20. The minimum atomic E-state index is 0.141. The van der Waals surface area contributed by atoms with Crippen molar-refractivity contribution in [3.8, 4) is 0 Å². The van der Waals surface area contributed by atoms with Crippen molar-refractivity contribution in [2.24, 2.45) is 5.92 Å². The van der Waals surface area contributed by atoms with Gasteiger partial charge in [-0.3, -0.25) is 4.79 Å². The number of hydrogen-bond donors (Lipinski definition) is 1. The van der Waals surface area contributed by atoms with E-state index in [0.29, 0.717) is 23.2 Å². The van der Waals surface area contributed by atoms with Crippen LogP contribution in [-0.4, -0.2) is 23.4 Å². The van der Waals surface area contributed by atoms with Crippen LogP contribution in [0.25, 0.3) is 0 Å². The molecular weight excluding hydrogens is 328 g/mol. The van der Waals surface area contributed by atoms with Gasteiger partial charge in [0.05, 0.1) is 5.56 Å². The number of halogens is 1. The number of carbonyl (C=O) groups is 1. The number of carbonyl (C=O) groups excluding carboxylic acids is 1. The van der Waals surface area contributed by atoms with E-state index in [9.17, 15) is 4.79 Å². The molecule has 2 N–H and O–H groups in total. The average Bonchev–Trinajstić information content (AvgIpc) is 2.99. The summed E-state index contributed by atoms with van der Waals surface area (Å²) in [7, 11) is 0. The maximum atomic E-state index is 12.9. The van der Waals surface area contributed by atoms with Gasteiger partial charge >= 0.3 is 0 Å². The van der Waals surface area contributed by atoms with Crippen LogP contribution in [0.15, 0.2) is 22.7 Å². The molecule has 1 aromatic carbocycles. The van der Waals surface area contributed by atoms with Crippen LogP contribution >= 0.6 is 15.9 Å². The van der Waals surface area contributed by atoms with Crippen molar-refractivity contribution in [3.63, 3.8) is 0 Å². The molecule has 2 aliphatic rings. The molecule has 1 saturated carbocycles. The lowest BCUT2D eigenvalue weighted by Gasteiger charge is -2.34. The predicted octanol–water partition coefficient (Wildman–Crippen LogP) is 4.22. The molecule has 1 amide bonds. The van der Waals surface area contributed by atoms with Crippen LogP contribution in [0.1, 0.15) is 55.3 Å². The number of rotatable bonds is 2. The second-order valence-corrected chi connectivity index (χ2v) is 7.20. The van der Waals surface area contributed by atoms with E-state index in [1.54, 1.807) is 6.07 Å². The largest absolute Gasteiger partial charge is 0.399 e. The van der Waals surface area contributed by atoms with E-state index in [0.717, 1.165) is 23.9 Å². The summed E-state index contributed by atoms with van der Waals surface area (Å²) in [6.45, 7) is 0.890. The van der Waals surface area contributed by atoms with Gasteiger partial charge in [-0.05, 0) is 65.7 Å². The topological polar surface area (TPSA) is 46.3 Å². The van der Waals surface area contributed by atoms with E-state index in [1.807, 2.05) is 12.1 Å². The van der Waals surface area contributed by atoms with Gasteiger partial charge in [-0.1, -0.05) is 19.3 Å². The number of amides is 1. The van der Waals surface area contributed by atoms with Crippen LogP contribution in [0.5, 0.6) is 0 Å². The highest BCUT2D eigenvalue weighted by atomic mass is 79.9. The number of nitrogens with zero attached hydrogens (tertiary/aromatic N) is 1. The van der Waals surface area contributed by atoms with Crippen molar-refractivity contribution in [1.29, 1.82) is 0 Å². The molecule has 1 saturated heterocycles. The van der Waals surface area contributed by atoms with Crippen LogP contribution in [-0.2, 0) is 0 Å². The van der Waals surface area contributed by atoms with Gasteiger partial charge in [-0.2, -0.15) is 0 Å². The van der Waals surface area contributed by atoms with Crippen molar-refractivity contribution < 1.29 is 4.79 Å². The van der Waals surface area contributed by atoms with Crippen LogP contribution in [0.3, 0.4) is 0 Å². The molecule has 3 nitrogen and oxygen atoms in total. The Morgan fingerprint density at radius 1 is 1.14 bits per heavy atom. The number of anilines is 1. The molecule has 1 heterocycles. The molecule has 4 heteroatoms. The first kappa shape index (κ1) is 14.9. The molecule has 1 aliphatic heterocycles. The van der Waals surface area contributed by atoms with Crippen molar-refractivity contribution in [3.05, 3.63) is 28.2 Å². The lowest BCUT2D eigenvalue weighted by atomic mass is 9.83. The van der Waals surface area contributed by atoms with Crippen molar-refractivity contribution in [2.45, 2.75) is 51.0 Å². The molecule has 2 fully saturated rings. The Labute approximate surface area is 135 Å². The SMILES string of the molecule is Nc1ccc(Br)c(C(=O)N2CCCC2C2CCCCC2)c1. The maximum Gasteiger partial charge on any atom is 0.255 e. The molecule has 0 bridgehead atoms. The van der Waals surface area contributed by atoms with Crippen LogP contribution in [0.4, 0.5) is 5.69 Å². The summed E-state index contributed by atoms with van der Waals surface area (Å²) < 4.78 is 0.844. The van der Waals surface area contributed by atoms with E-state index in [2.05, 4.69) is 20.8 Å². The Morgan fingerprint density at radius 3 is 2.67 bits per heavy atom. The Morgan fingerprint density at radius 2 is 1.90 bits per heavy atom. The lowest BCUT2D eigenvalue weighted by Crippen LogP contribution is -2.40. The van der Waals surface area contributed by atoms with Gasteiger partial charge in [0, 0.05) is 22.7 Å². The molecular formula is C17H23BrN2O. The number of nitrogen functional groups attached to an aromatic ring is 1. The third kappa shape index (κ3) is 3.10. The highest BCUT2D eigenvalue weighted by molar-refractivity contribution is 9.10. The molecule has 21 heavy (non-hydrogen) atoms. The second-order valence-electron chi connectivity index (χ2n) is 6.35. The normalized spacial score (nSPS) is 23.5. The van der Waals surface area contributed by atoms with Gasteiger partial charge in [0.15, 0.2) is 0 Å². The summed E-state index contributed by atoms with van der Waals surface area (Å²) in [5, 5.41) is 0. The first-order chi connectivity index (χ1) is 10.2. The Hall–Kier alpha value is -1.03. The number of hydrogen-bond acceptors (Lipinski definition) is 2. The van der Waals surface area contributed by atoms with Crippen LogP contribution in [0, 0.1) is 5.92 Å². The molecule has 1 aromatic rings. The molecule has 3 rings (SSSR count). The first-order valence-electron chi connectivity index (χ1n) is 8.03. The molecule has 1 atom stereocenters. The smallest absolute Gasteiger partial charge is 0.255 e.